The zero-order valence-corrected chi connectivity index (χ0v) is 17.0. The number of carbonyl (C=O) groups excluding carboxylic acids is 1. The number of carbonyl (C=O) groups is 1. The van der Waals surface area contributed by atoms with Gasteiger partial charge in [0.15, 0.2) is 0 Å². The van der Waals surface area contributed by atoms with Crippen molar-refractivity contribution in [2.24, 2.45) is 0 Å². The Morgan fingerprint density at radius 3 is 2.57 bits per heavy atom. The third-order valence-electron chi connectivity index (χ3n) is 4.88. The largest absolute Gasteiger partial charge is 0.396 e. The molecule has 0 saturated heterocycles. The second kappa shape index (κ2) is 9.07. The lowest BCUT2D eigenvalue weighted by molar-refractivity contribution is -0.119. The molecule has 30 heavy (non-hydrogen) atoms. The molecule has 1 N–H and O–H groups in total. The Labute approximate surface area is 179 Å². The van der Waals surface area contributed by atoms with Crippen LogP contribution in [0.1, 0.15) is 11.1 Å². The topological polar surface area (TPSA) is 71.2 Å². The second-order valence-electron chi connectivity index (χ2n) is 6.99. The predicted molar refractivity (Wildman–Crippen MR) is 117 cm³/mol. The predicted octanol–water partition coefficient (Wildman–Crippen LogP) is 3.85. The molecule has 0 fully saturated rings. The molecule has 4 rings (SSSR count). The first-order chi connectivity index (χ1) is 14.6. The molecule has 1 amide bonds. The van der Waals surface area contributed by atoms with Gasteiger partial charge < -0.3 is 10.0 Å². The summed E-state index contributed by atoms with van der Waals surface area (Å²) in [7, 11) is 0. The lowest BCUT2D eigenvalue weighted by Crippen LogP contribution is -2.33. The van der Waals surface area contributed by atoms with Crippen LogP contribution in [0.4, 0.5) is 5.69 Å². The number of nitrogens with zero attached hydrogens (tertiary/aromatic N) is 4. The Morgan fingerprint density at radius 2 is 1.80 bits per heavy atom. The minimum atomic E-state index is -0.111. The van der Waals surface area contributed by atoms with E-state index in [1.807, 2.05) is 72.8 Å². The van der Waals surface area contributed by atoms with Crippen LogP contribution in [0, 0.1) is 0 Å². The third kappa shape index (κ3) is 4.50. The highest BCUT2D eigenvalue weighted by atomic mass is 35.5. The summed E-state index contributed by atoms with van der Waals surface area (Å²) in [5, 5.41) is 18.0. The van der Waals surface area contributed by atoms with Gasteiger partial charge in [-0.3, -0.25) is 4.79 Å². The number of aliphatic hydroxyl groups excluding tert-OH is 1. The average molecular weight is 421 g/mol. The van der Waals surface area contributed by atoms with E-state index < -0.39 is 0 Å². The Kier molecular flexibility index (Phi) is 6.07. The van der Waals surface area contributed by atoms with Gasteiger partial charge in [-0.2, -0.15) is 0 Å². The van der Waals surface area contributed by atoms with Crippen LogP contribution in [0.15, 0.2) is 72.8 Å². The maximum atomic E-state index is 13.3. The Morgan fingerprint density at radius 1 is 1.00 bits per heavy atom. The fourth-order valence-electron chi connectivity index (χ4n) is 3.36. The van der Waals surface area contributed by atoms with Crippen LogP contribution in [0.3, 0.4) is 0 Å². The summed E-state index contributed by atoms with van der Waals surface area (Å²) in [6, 6.07) is 22.7. The van der Waals surface area contributed by atoms with E-state index in [0.717, 1.165) is 27.8 Å². The molecular weight excluding hydrogens is 400 g/mol. The van der Waals surface area contributed by atoms with E-state index in [1.54, 1.807) is 9.58 Å². The van der Waals surface area contributed by atoms with Crippen molar-refractivity contribution in [2.45, 2.75) is 19.5 Å². The number of rotatable bonds is 7. The van der Waals surface area contributed by atoms with E-state index in [4.69, 9.17) is 16.7 Å². The normalized spacial score (nSPS) is 11.0. The van der Waals surface area contributed by atoms with Crippen LogP contribution in [-0.2, 0) is 24.3 Å². The Hall–Kier alpha value is -3.22. The highest BCUT2D eigenvalue weighted by molar-refractivity contribution is 6.30. The number of benzene rings is 3. The van der Waals surface area contributed by atoms with Crippen molar-refractivity contribution >= 4 is 34.2 Å². The van der Waals surface area contributed by atoms with Gasteiger partial charge in [0.1, 0.15) is 12.1 Å². The maximum Gasteiger partial charge on any atom is 0.249 e. The van der Waals surface area contributed by atoms with Gasteiger partial charge in [0.25, 0.3) is 0 Å². The van der Waals surface area contributed by atoms with Crippen molar-refractivity contribution < 1.29 is 9.90 Å². The fourth-order valence-corrected chi connectivity index (χ4v) is 3.57. The number of halogens is 1. The highest BCUT2D eigenvalue weighted by Crippen LogP contribution is 2.21. The quantitative estimate of drug-likeness (QED) is 0.493. The number of fused-ring (bicyclic) bond motifs is 1. The standard InChI is InChI=1S/C23H21ClN4O2/c24-19-5-3-4-18(14-19)15-27(20-10-8-17(9-11-20)12-13-29)23(30)16-28-22-7-2-1-6-21(22)25-26-28/h1-11,14,29H,12-13,15-16H2. The molecule has 0 radical (unpaired) electrons. The van der Waals surface area contributed by atoms with Gasteiger partial charge in [-0.1, -0.05) is 53.2 Å². The van der Waals surface area contributed by atoms with Crippen molar-refractivity contribution in [2.75, 3.05) is 11.5 Å². The number of aromatic nitrogens is 3. The molecule has 152 valence electrons. The number of hydrogen-bond acceptors (Lipinski definition) is 4. The van der Waals surface area contributed by atoms with E-state index >= 15 is 0 Å². The van der Waals surface area contributed by atoms with E-state index in [2.05, 4.69) is 10.3 Å². The Balaban J connectivity index is 1.63. The average Bonchev–Trinajstić information content (AvgIpc) is 3.16. The maximum absolute atomic E-state index is 13.3. The second-order valence-corrected chi connectivity index (χ2v) is 7.42. The zero-order valence-electron chi connectivity index (χ0n) is 16.3. The van der Waals surface area contributed by atoms with Crippen molar-refractivity contribution in [3.8, 4) is 0 Å². The van der Waals surface area contributed by atoms with Gasteiger partial charge in [0, 0.05) is 17.3 Å². The molecule has 0 aliphatic rings. The summed E-state index contributed by atoms with van der Waals surface area (Å²) in [6.07, 6.45) is 0.577. The number of anilines is 1. The van der Waals surface area contributed by atoms with Gasteiger partial charge in [0.2, 0.25) is 5.91 Å². The molecule has 0 saturated carbocycles. The van der Waals surface area contributed by atoms with Gasteiger partial charge >= 0.3 is 0 Å². The smallest absolute Gasteiger partial charge is 0.249 e. The molecule has 3 aromatic carbocycles. The van der Waals surface area contributed by atoms with E-state index in [-0.39, 0.29) is 19.1 Å². The minimum Gasteiger partial charge on any atom is -0.396 e. The van der Waals surface area contributed by atoms with Crippen LogP contribution >= 0.6 is 11.6 Å². The molecule has 1 aromatic heterocycles. The van der Waals surface area contributed by atoms with Crippen molar-refractivity contribution in [3.63, 3.8) is 0 Å². The lowest BCUT2D eigenvalue weighted by atomic mass is 10.1. The number of aliphatic hydroxyl groups is 1. The van der Waals surface area contributed by atoms with Crippen molar-refractivity contribution in [1.82, 2.24) is 15.0 Å². The van der Waals surface area contributed by atoms with E-state index in [1.165, 1.54) is 0 Å². The summed E-state index contributed by atoms with van der Waals surface area (Å²) in [4.78, 5) is 15.0. The van der Waals surface area contributed by atoms with E-state index in [0.29, 0.717) is 18.0 Å². The molecular formula is C23H21ClN4O2. The number of amides is 1. The summed E-state index contributed by atoms with van der Waals surface area (Å²) < 4.78 is 1.61. The van der Waals surface area contributed by atoms with Gasteiger partial charge in [0.05, 0.1) is 12.1 Å². The van der Waals surface area contributed by atoms with Gasteiger partial charge in [-0.15, -0.1) is 5.10 Å². The first kappa shape index (κ1) is 20.1. The molecule has 4 aromatic rings. The third-order valence-corrected chi connectivity index (χ3v) is 5.12. The van der Waals surface area contributed by atoms with E-state index in [9.17, 15) is 4.79 Å². The Bertz CT molecular complexity index is 1160. The summed E-state index contributed by atoms with van der Waals surface area (Å²) in [5.41, 5.74) is 4.27. The molecule has 6 nitrogen and oxygen atoms in total. The molecule has 0 spiro atoms. The highest BCUT2D eigenvalue weighted by Gasteiger charge is 2.19. The van der Waals surface area contributed by atoms with Gasteiger partial charge in [-0.05, 0) is 53.9 Å². The van der Waals surface area contributed by atoms with Crippen LogP contribution in [0.5, 0.6) is 0 Å². The lowest BCUT2D eigenvalue weighted by Gasteiger charge is -2.23. The van der Waals surface area contributed by atoms with Crippen LogP contribution in [0.2, 0.25) is 5.02 Å². The SMILES string of the molecule is O=C(Cn1nnc2ccccc21)N(Cc1cccc(Cl)c1)c1ccc(CCO)cc1. The zero-order chi connectivity index (χ0) is 20.9. The number of para-hydroxylation sites is 1. The molecule has 0 aliphatic carbocycles. The summed E-state index contributed by atoms with van der Waals surface area (Å²) in [5.74, 6) is -0.111. The molecule has 0 unspecified atom stereocenters. The molecule has 0 bridgehead atoms. The van der Waals surface area contributed by atoms with Crippen molar-refractivity contribution in [3.05, 3.63) is 88.9 Å². The van der Waals surface area contributed by atoms with Gasteiger partial charge in [-0.25, -0.2) is 4.68 Å². The van der Waals surface area contributed by atoms with Crippen LogP contribution in [0.25, 0.3) is 11.0 Å². The van der Waals surface area contributed by atoms with Crippen LogP contribution < -0.4 is 4.90 Å². The summed E-state index contributed by atoms with van der Waals surface area (Å²) in [6.45, 7) is 0.536. The first-order valence-electron chi connectivity index (χ1n) is 9.67. The molecule has 7 heteroatoms. The first-order valence-corrected chi connectivity index (χ1v) is 10.0. The molecule has 0 aliphatic heterocycles. The summed E-state index contributed by atoms with van der Waals surface area (Å²) >= 11 is 6.14. The minimum absolute atomic E-state index is 0.0689. The van der Waals surface area contributed by atoms with Crippen LogP contribution in [-0.4, -0.2) is 32.6 Å². The fraction of sp³-hybridized carbons (Fsp3) is 0.174. The molecule has 0 atom stereocenters. The monoisotopic (exact) mass is 420 g/mol. The number of hydrogen-bond donors (Lipinski definition) is 1. The molecule has 1 heterocycles. The van der Waals surface area contributed by atoms with Crippen molar-refractivity contribution in [1.29, 1.82) is 0 Å².